The summed E-state index contributed by atoms with van der Waals surface area (Å²) in [6.45, 7) is 8.71. The molecule has 0 saturated carbocycles. The number of carbonyl (C=O) groups is 1. The Hall–Kier alpha value is -1.43. The number of carbonyl (C=O) groups excluding carboxylic acids is 1. The topological polar surface area (TPSA) is 53.6 Å². The summed E-state index contributed by atoms with van der Waals surface area (Å²) in [5.74, 6) is 0.332. The number of hydrogen-bond acceptors (Lipinski definition) is 4. The van der Waals surface area contributed by atoms with Crippen molar-refractivity contribution < 1.29 is 9.53 Å². The third-order valence-corrected chi connectivity index (χ3v) is 5.64. The molecule has 1 aromatic rings. The number of nitrogens with one attached hydrogen (secondary N) is 2. The van der Waals surface area contributed by atoms with Crippen molar-refractivity contribution in [2.75, 3.05) is 26.2 Å². The zero-order valence-corrected chi connectivity index (χ0v) is 16.1. The van der Waals surface area contributed by atoms with Gasteiger partial charge in [0.25, 0.3) is 0 Å². The molecule has 2 fully saturated rings. The van der Waals surface area contributed by atoms with Gasteiger partial charge in [0.2, 0.25) is 5.91 Å². The number of morpholine rings is 1. The first-order chi connectivity index (χ1) is 12.7. The number of ether oxygens (including phenoxy) is 1. The fourth-order valence-corrected chi connectivity index (χ4v) is 4.09. The van der Waals surface area contributed by atoms with E-state index in [1.807, 2.05) is 0 Å². The van der Waals surface area contributed by atoms with Gasteiger partial charge >= 0.3 is 0 Å². The second kappa shape index (κ2) is 9.49. The average molecular weight is 360 g/mol. The lowest BCUT2D eigenvalue weighted by Gasteiger charge is -2.38. The molecule has 4 atom stereocenters. The summed E-state index contributed by atoms with van der Waals surface area (Å²) in [5.41, 5.74) is 1.33. The Bertz CT molecular complexity index is 566. The number of rotatable bonds is 6. The minimum absolute atomic E-state index is 0.0700. The molecule has 0 aliphatic carbocycles. The first-order valence-corrected chi connectivity index (χ1v) is 10.1. The van der Waals surface area contributed by atoms with Crippen LogP contribution in [-0.4, -0.2) is 55.2 Å². The zero-order valence-electron chi connectivity index (χ0n) is 16.1. The molecular formula is C21H33N3O2. The maximum Gasteiger partial charge on any atom is 0.223 e. The standard InChI is InChI=1S/C21H33N3O2/c1-3-19(23-21(25)18-9-10-22-16(2)13-18)20-15-24(11-12-26-20)14-17-7-5-4-6-8-17/h4-8,16,18-20,22H,3,9-15H2,1-2H3,(H,23,25)/t16-,18-,19?,20?/m0/s1. The molecule has 1 amide bonds. The molecule has 2 saturated heterocycles. The quantitative estimate of drug-likeness (QED) is 0.817. The molecule has 2 heterocycles. The molecule has 2 N–H and O–H groups in total. The van der Waals surface area contributed by atoms with Crippen molar-refractivity contribution in [1.29, 1.82) is 0 Å². The first kappa shape index (κ1) is 19.3. The molecule has 5 heteroatoms. The van der Waals surface area contributed by atoms with Gasteiger partial charge in [0, 0.05) is 31.6 Å². The van der Waals surface area contributed by atoms with Gasteiger partial charge < -0.3 is 15.4 Å². The molecule has 2 aliphatic heterocycles. The monoisotopic (exact) mass is 359 g/mol. The predicted octanol–water partition coefficient (Wildman–Crippen LogP) is 2.17. The van der Waals surface area contributed by atoms with E-state index in [1.54, 1.807) is 0 Å². The Kier molecular flexibility index (Phi) is 7.06. The summed E-state index contributed by atoms with van der Waals surface area (Å²) < 4.78 is 6.04. The predicted molar refractivity (Wildman–Crippen MR) is 104 cm³/mol. The normalized spacial score (nSPS) is 28.5. The SMILES string of the molecule is CCC(NC(=O)[C@H]1CCN[C@@H](C)C1)C1CN(Cc2ccccc2)CCO1. The van der Waals surface area contributed by atoms with Crippen molar-refractivity contribution in [3.05, 3.63) is 35.9 Å². The Morgan fingerprint density at radius 2 is 2.19 bits per heavy atom. The van der Waals surface area contributed by atoms with E-state index in [9.17, 15) is 4.79 Å². The van der Waals surface area contributed by atoms with Gasteiger partial charge in [0.1, 0.15) is 0 Å². The number of piperidine rings is 1. The van der Waals surface area contributed by atoms with E-state index < -0.39 is 0 Å². The largest absolute Gasteiger partial charge is 0.373 e. The summed E-state index contributed by atoms with van der Waals surface area (Å²) in [7, 11) is 0. The fourth-order valence-electron chi connectivity index (χ4n) is 4.09. The van der Waals surface area contributed by atoms with Crippen molar-refractivity contribution in [3.8, 4) is 0 Å². The smallest absolute Gasteiger partial charge is 0.223 e. The maximum atomic E-state index is 12.7. The van der Waals surface area contributed by atoms with E-state index in [0.29, 0.717) is 6.04 Å². The van der Waals surface area contributed by atoms with Crippen LogP contribution in [0.25, 0.3) is 0 Å². The van der Waals surface area contributed by atoms with Crippen LogP contribution in [0.2, 0.25) is 0 Å². The highest BCUT2D eigenvalue weighted by Gasteiger charge is 2.31. The van der Waals surface area contributed by atoms with Crippen LogP contribution in [-0.2, 0) is 16.1 Å². The van der Waals surface area contributed by atoms with E-state index in [-0.39, 0.29) is 24.0 Å². The summed E-state index contributed by atoms with van der Waals surface area (Å²) in [4.78, 5) is 15.2. The lowest BCUT2D eigenvalue weighted by Crippen LogP contribution is -2.54. The molecule has 3 rings (SSSR count). The Morgan fingerprint density at radius 3 is 2.92 bits per heavy atom. The number of benzene rings is 1. The highest BCUT2D eigenvalue weighted by Crippen LogP contribution is 2.19. The van der Waals surface area contributed by atoms with E-state index in [2.05, 4.69) is 59.7 Å². The molecule has 0 radical (unpaired) electrons. The number of hydrogen-bond donors (Lipinski definition) is 2. The zero-order chi connectivity index (χ0) is 18.4. The average Bonchev–Trinajstić information content (AvgIpc) is 2.67. The molecule has 0 bridgehead atoms. The Morgan fingerprint density at radius 1 is 1.38 bits per heavy atom. The molecule has 0 spiro atoms. The maximum absolute atomic E-state index is 12.7. The van der Waals surface area contributed by atoms with Gasteiger partial charge in [-0.3, -0.25) is 9.69 Å². The van der Waals surface area contributed by atoms with Crippen LogP contribution in [0.5, 0.6) is 0 Å². The second-order valence-corrected chi connectivity index (χ2v) is 7.73. The molecule has 2 unspecified atom stereocenters. The first-order valence-electron chi connectivity index (χ1n) is 10.1. The minimum Gasteiger partial charge on any atom is -0.373 e. The summed E-state index contributed by atoms with van der Waals surface area (Å²) in [5, 5.41) is 6.71. The van der Waals surface area contributed by atoms with Crippen molar-refractivity contribution >= 4 is 5.91 Å². The summed E-state index contributed by atoms with van der Waals surface area (Å²) in [6, 6.07) is 11.1. The van der Waals surface area contributed by atoms with Gasteiger partial charge in [-0.15, -0.1) is 0 Å². The highest BCUT2D eigenvalue weighted by molar-refractivity contribution is 5.79. The van der Waals surface area contributed by atoms with Crippen LogP contribution in [0.1, 0.15) is 38.7 Å². The Balaban J connectivity index is 1.54. The van der Waals surface area contributed by atoms with Crippen LogP contribution < -0.4 is 10.6 Å². The lowest BCUT2D eigenvalue weighted by molar-refractivity contribution is -0.129. The molecular weight excluding hydrogens is 326 g/mol. The van der Waals surface area contributed by atoms with Crippen LogP contribution in [0.3, 0.4) is 0 Å². The fraction of sp³-hybridized carbons (Fsp3) is 0.667. The van der Waals surface area contributed by atoms with E-state index in [0.717, 1.165) is 52.0 Å². The van der Waals surface area contributed by atoms with Crippen LogP contribution in [0.4, 0.5) is 0 Å². The summed E-state index contributed by atoms with van der Waals surface area (Å²) >= 11 is 0. The summed E-state index contributed by atoms with van der Waals surface area (Å²) in [6.07, 6.45) is 2.82. The van der Waals surface area contributed by atoms with Gasteiger partial charge in [0.05, 0.1) is 18.8 Å². The van der Waals surface area contributed by atoms with E-state index in [1.165, 1.54) is 5.56 Å². The molecule has 26 heavy (non-hydrogen) atoms. The molecule has 144 valence electrons. The van der Waals surface area contributed by atoms with Gasteiger partial charge in [0.15, 0.2) is 0 Å². The van der Waals surface area contributed by atoms with Crippen molar-refractivity contribution in [3.63, 3.8) is 0 Å². The van der Waals surface area contributed by atoms with Crippen molar-refractivity contribution in [1.82, 2.24) is 15.5 Å². The minimum atomic E-state index is 0.0700. The number of amides is 1. The van der Waals surface area contributed by atoms with Crippen LogP contribution in [0.15, 0.2) is 30.3 Å². The molecule has 0 aromatic heterocycles. The third-order valence-electron chi connectivity index (χ3n) is 5.64. The van der Waals surface area contributed by atoms with Crippen molar-refractivity contribution in [2.45, 2.75) is 57.8 Å². The molecule has 1 aromatic carbocycles. The molecule has 2 aliphatic rings. The van der Waals surface area contributed by atoms with Crippen LogP contribution in [0, 0.1) is 5.92 Å². The van der Waals surface area contributed by atoms with Gasteiger partial charge in [-0.25, -0.2) is 0 Å². The van der Waals surface area contributed by atoms with E-state index in [4.69, 9.17) is 4.74 Å². The Labute approximate surface area is 157 Å². The highest BCUT2D eigenvalue weighted by atomic mass is 16.5. The van der Waals surface area contributed by atoms with Gasteiger partial charge in [-0.1, -0.05) is 37.3 Å². The van der Waals surface area contributed by atoms with Gasteiger partial charge in [-0.05, 0) is 38.3 Å². The van der Waals surface area contributed by atoms with Crippen LogP contribution >= 0.6 is 0 Å². The van der Waals surface area contributed by atoms with Gasteiger partial charge in [-0.2, -0.15) is 0 Å². The second-order valence-electron chi connectivity index (χ2n) is 7.73. The number of nitrogens with zero attached hydrogens (tertiary/aromatic N) is 1. The third kappa shape index (κ3) is 5.29. The van der Waals surface area contributed by atoms with E-state index >= 15 is 0 Å². The lowest BCUT2D eigenvalue weighted by atomic mass is 9.92. The molecule has 5 nitrogen and oxygen atoms in total. The van der Waals surface area contributed by atoms with Crippen molar-refractivity contribution in [2.24, 2.45) is 5.92 Å².